The maximum atomic E-state index is 11.6. The Bertz CT molecular complexity index is 324. The second-order valence-electron chi connectivity index (χ2n) is 4.19. The van der Waals surface area contributed by atoms with Crippen molar-refractivity contribution in [2.45, 2.75) is 32.2 Å². The van der Waals surface area contributed by atoms with E-state index in [2.05, 4.69) is 10.6 Å². The predicted octanol–water partition coefficient (Wildman–Crippen LogP) is 0.0172. The zero-order valence-electron chi connectivity index (χ0n) is 11.2. The van der Waals surface area contributed by atoms with Gasteiger partial charge < -0.3 is 20.6 Å². The van der Waals surface area contributed by atoms with Gasteiger partial charge in [-0.25, -0.2) is 9.59 Å². The van der Waals surface area contributed by atoms with Crippen LogP contribution in [-0.4, -0.2) is 54.1 Å². The van der Waals surface area contributed by atoms with Crippen molar-refractivity contribution in [2.75, 3.05) is 20.6 Å². The van der Waals surface area contributed by atoms with Gasteiger partial charge >= 0.3 is 12.0 Å². The van der Waals surface area contributed by atoms with Crippen LogP contribution in [0, 0.1) is 0 Å². The quantitative estimate of drug-likeness (QED) is 0.626. The lowest BCUT2D eigenvalue weighted by molar-refractivity contribution is -0.144. The molecule has 0 aromatic heterocycles. The first-order chi connectivity index (χ1) is 8.29. The van der Waals surface area contributed by atoms with Gasteiger partial charge in [0.15, 0.2) is 0 Å². The molecule has 0 rings (SSSR count). The molecule has 0 bridgehead atoms. The van der Waals surface area contributed by atoms with Crippen LogP contribution in [0.3, 0.4) is 0 Å². The Morgan fingerprint density at radius 3 is 2.00 bits per heavy atom. The molecule has 0 aliphatic rings. The van der Waals surface area contributed by atoms with Gasteiger partial charge in [0.2, 0.25) is 5.91 Å². The van der Waals surface area contributed by atoms with Gasteiger partial charge in [-0.2, -0.15) is 0 Å². The SMILES string of the molecule is CCC(CC)(NC(=O)NCC(=O)N(C)C)C(=O)O. The van der Waals surface area contributed by atoms with E-state index in [9.17, 15) is 14.4 Å². The van der Waals surface area contributed by atoms with Crippen molar-refractivity contribution in [2.24, 2.45) is 0 Å². The molecule has 7 heteroatoms. The third kappa shape index (κ3) is 4.23. The zero-order valence-corrected chi connectivity index (χ0v) is 11.2. The first-order valence-electron chi connectivity index (χ1n) is 5.78. The standard InChI is InChI=1S/C11H21N3O4/c1-5-11(6-2,9(16)17)13-10(18)12-7-8(15)14(3)4/h5-7H2,1-4H3,(H,16,17)(H2,12,13,18). The molecule has 0 unspecified atom stereocenters. The molecule has 0 spiro atoms. The van der Waals surface area contributed by atoms with Crippen molar-refractivity contribution in [3.05, 3.63) is 0 Å². The van der Waals surface area contributed by atoms with Gasteiger partial charge in [-0.3, -0.25) is 4.79 Å². The molecular formula is C11H21N3O4. The molecule has 0 aliphatic carbocycles. The second kappa shape index (κ2) is 6.83. The van der Waals surface area contributed by atoms with Crippen LogP contribution in [0.4, 0.5) is 4.79 Å². The largest absolute Gasteiger partial charge is 0.480 e. The van der Waals surface area contributed by atoms with E-state index in [0.717, 1.165) is 0 Å². The Balaban J connectivity index is 4.45. The van der Waals surface area contributed by atoms with Gasteiger partial charge in [0.05, 0.1) is 6.54 Å². The minimum Gasteiger partial charge on any atom is -0.480 e. The van der Waals surface area contributed by atoms with E-state index in [4.69, 9.17) is 5.11 Å². The number of nitrogens with zero attached hydrogens (tertiary/aromatic N) is 1. The number of hydrogen-bond donors (Lipinski definition) is 3. The lowest BCUT2D eigenvalue weighted by Gasteiger charge is -2.28. The van der Waals surface area contributed by atoms with Crippen molar-refractivity contribution in [3.63, 3.8) is 0 Å². The summed E-state index contributed by atoms with van der Waals surface area (Å²) >= 11 is 0. The number of carboxylic acids is 1. The van der Waals surface area contributed by atoms with E-state index >= 15 is 0 Å². The number of nitrogens with one attached hydrogen (secondary N) is 2. The average molecular weight is 259 g/mol. The van der Waals surface area contributed by atoms with Gasteiger partial charge in [-0.05, 0) is 12.8 Å². The summed E-state index contributed by atoms with van der Waals surface area (Å²) in [6.45, 7) is 3.20. The van der Waals surface area contributed by atoms with Crippen LogP contribution in [0.25, 0.3) is 0 Å². The average Bonchev–Trinajstić information content (AvgIpc) is 2.32. The first-order valence-corrected chi connectivity index (χ1v) is 5.78. The Hall–Kier alpha value is -1.79. The number of hydrogen-bond acceptors (Lipinski definition) is 3. The lowest BCUT2D eigenvalue weighted by atomic mass is 9.93. The summed E-state index contributed by atoms with van der Waals surface area (Å²) in [5.41, 5.74) is -1.29. The number of carboxylic acid groups (broad SMARTS) is 1. The molecule has 0 aromatic carbocycles. The summed E-state index contributed by atoms with van der Waals surface area (Å²) in [6.07, 6.45) is 0.543. The summed E-state index contributed by atoms with van der Waals surface area (Å²) in [4.78, 5) is 35.3. The number of carbonyl (C=O) groups is 3. The Labute approximate surface area is 107 Å². The van der Waals surface area contributed by atoms with Crippen molar-refractivity contribution < 1.29 is 19.5 Å². The normalized spacial score (nSPS) is 10.7. The molecule has 0 saturated heterocycles. The van der Waals surface area contributed by atoms with E-state index in [-0.39, 0.29) is 25.3 Å². The molecule has 3 N–H and O–H groups in total. The van der Waals surface area contributed by atoms with Crippen molar-refractivity contribution in [1.29, 1.82) is 0 Å². The van der Waals surface area contributed by atoms with E-state index in [1.807, 2.05) is 0 Å². The molecule has 3 amide bonds. The molecule has 0 atom stereocenters. The smallest absolute Gasteiger partial charge is 0.329 e. The number of amides is 3. The summed E-state index contributed by atoms with van der Waals surface area (Å²) < 4.78 is 0. The maximum absolute atomic E-state index is 11.6. The highest BCUT2D eigenvalue weighted by Gasteiger charge is 2.36. The van der Waals surface area contributed by atoms with E-state index < -0.39 is 17.5 Å². The fourth-order valence-corrected chi connectivity index (χ4v) is 1.36. The Morgan fingerprint density at radius 1 is 1.17 bits per heavy atom. The molecular weight excluding hydrogens is 238 g/mol. The summed E-state index contributed by atoms with van der Waals surface area (Å²) in [6, 6.07) is -0.656. The van der Waals surface area contributed by atoms with Gasteiger partial charge in [0, 0.05) is 14.1 Å². The third-order valence-electron chi connectivity index (χ3n) is 2.87. The molecule has 0 heterocycles. The van der Waals surface area contributed by atoms with Crippen LogP contribution in [0.1, 0.15) is 26.7 Å². The fraction of sp³-hybridized carbons (Fsp3) is 0.727. The second-order valence-corrected chi connectivity index (χ2v) is 4.19. The van der Waals surface area contributed by atoms with Gasteiger partial charge in [0.1, 0.15) is 5.54 Å². The summed E-state index contributed by atoms with van der Waals surface area (Å²) in [5.74, 6) is -1.35. The molecule has 104 valence electrons. The first kappa shape index (κ1) is 16.2. The van der Waals surface area contributed by atoms with E-state index in [0.29, 0.717) is 0 Å². The van der Waals surface area contributed by atoms with Crippen molar-refractivity contribution >= 4 is 17.9 Å². The lowest BCUT2D eigenvalue weighted by Crippen LogP contribution is -2.57. The molecule has 0 aliphatic heterocycles. The molecule has 0 fully saturated rings. The van der Waals surface area contributed by atoms with Gasteiger partial charge in [0.25, 0.3) is 0 Å². The Morgan fingerprint density at radius 2 is 1.67 bits per heavy atom. The van der Waals surface area contributed by atoms with Crippen molar-refractivity contribution in [3.8, 4) is 0 Å². The Kier molecular flexibility index (Phi) is 6.15. The molecule has 7 nitrogen and oxygen atoms in total. The van der Waals surface area contributed by atoms with Crippen molar-refractivity contribution in [1.82, 2.24) is 15.5 Å². The third-order valence-corrected chi connectivity index (χ3v) is 2.87. The van der Waals surface area contributed by atoms with Gasteiger partial charge in [-0.1, -0.05) is 13.8 Å². The topological polar surface area (TPSA) is 98.7 Å². The van der Waals surface area contributed by atoms with Crippen LogP contribution in [-0.2, 0) is 9.59 Å². The highest BCUT2D eigenvalue weighted by atomic mass is 16.4. The number of rotatable bonds is 6. The predicted molar refractivity (Wildman–Crippen MR) is 66.2 cm³/mol. The minimum absolute atomic E-state index is 0.165. The number of urea groups is 1. The zero-order chi connectivity index (χ0) is 14.3. The monoisotopic (exact) mass is 259 g/mol. The number of carbonyl (C=O) groups excluding carboxylic acids is 2. The fourth-order valence-electron chi connectivity index (χ4n) is 1.36. The van der Waals surface area contributed by atoms with Gasteiger partial charge in [-0.15, -0.1) is 0 Å². The summed E-state index contributed by atoms with van der Waals surface area (Å²) in [5, 5.41) is 13.9. The van der Waals surface area contributed by atoms with Crippen LogP contribution in [0.5, 0.6) is 0 Å². The molecule has 0 aromatic rings. The minimum atomic E-state index is -1.29. The van der Waals surface area contributed by atoms with E-state index in [1.165, 1.54) is 4.90 Å². The highest BCUT2D eigenvalue weighted by molar-refractivity contribution is 5.88. The maximum Gasteiger partial charge on any atom is 0.329 e. The van der Waals surface area contributed by atoms with Crippen LogP contribution < -0.4 is 10.6 Å². The molecule has 0 saturated carbocycles. The van der Waals surface area contributed by atoms with E-state index in [1.54, 1.807) is 27.9 Å². The molecule has 18 heavy (non-hydrogen) atoms. The van der Waals surface area contributed by atoms with Crippen LogP contribution in [0.15, 0.2) is 0 Å². The summed E-state index contributed by atoms with van der Waals surface area (Å²) in [7, 11) is 3.14. The number of likely N-dealkylation sites (N-methyl/N-ethyl adjacent to an activating group) is 1. The van der Waals surface area contributed by atoms with Crippen LogP contribution in [0.2, 0.25) is 0 Å². The van der Waals surface area contributed by atoms with Crippen LogP contribution >= 0.6 is 0 Å². The highest BCUT2D eigenvalue weighted by Crippen LogP contribution is 2.14. The molecule has 0 radical (unpaired) electrons. The number of aliphatic carboxylic acids is 1.